The van der Waals surface area contributed by atoms with E-state index in [9.17, 15) is 22.8 Å². The van der Waals surface area contributed by atoms with E-state index in [0.29, 0.717) is 23.4 Å². The Balaban J connectivity index is 1.36. The minimum absolute atomic E-state index is 0.0210. The molecular formula is C25H30N4O5S. The first-order valence-electron chi connectivity index (χ1n) is 11.8. The van der Waals surface area contributed by atoms with Gasteiger partial charge < -0.3 is 16.4 Å². The second-order valence-corrected chi connectivity index (χ2v) is 10.9. The Morgan fingerprint density at radius 2 is 1.71 bits per heavy atom. The molecule has 186 valence electrons. The number of carbonyl (C=O) groups excluding carboxylic acids is 3. The number of benzene rings is 2. The fraction of sp³-hybridized carbons (Fsp3) is 0.400. The number of fused-ring (bicyclic) bond motifs is 1. The summed E-state index contributed by atoms with van der Waals surface area (Å²) in [6.07, 6.45) is 3.76. The maximum absolute atomic E-state index is 13.2. The topological polar surface area (TPSA) is 139 Å². The van der Waals surface area contributed by atoms with Crippen molar-refractivity contribution in [1.82, 2.24) is 9.62 Å². The molecule has 1 aliphatic carbocycles. The molecule has 0 atom stereocenters. The normalized spacial score (nSPS) is 16.5. The lowest BCUT2D eigenvalue weighted by Gasteiger charge is -2.30. The number of nitrogens with zero attached hydrogens (tertiary/aromatic N) is 1. The van der Waals surface area contributed by atoms with Crippen molar-refractivity contribution in [2.24, 2.45) is 11.7 Å². The molecule has 10 heteroatoms. The molecule has 4 rings (SSSR count). The largest absolute Gasteiger partial charge is 0.370 e. The Morgan fingerprint density at radius 1 is 1.00 bits per heavy atom. The van der Waals surface area contributed by atoms with E-state index in [-0.39, 0.29) is 43.4 Å². The molecule has 1 aliphatic heterocycles. The zero-order chi connectivity index (χ0) is 25.0. The van der Waals surface area contributed by atoms with Gasteiger partial charge in [0, 0.05) is 32.0 Å². The predicted molar refractivity (Wildman–Crippen MR) is 131 cm³/mol. The monoisotopic (exact) mass is 498 g/mol. The van der Waals surface area contributed by atoms with Crippen LogP contribution in [-0.4, -0.2) is 50.1 Å². The number of nitrogens with one attached hydrogen (secondary N) is 2. The number of nitrogens with two attached hydrogens (primary N) is 1. The van der Waals surface area contributed by atoms with Crippen molar-refractivity contribution < 1.29 is 22.8 Å². The SMILES string of the molecule is NC(=O)CCNC(=O)c1ccccc1NC(=O)C1CCN(S(=O)(=O)c2ccc3c(c2)CCC3)CC1. The Labute approximate surface area is 205 Å². The van der Waals surface area contributed by atoms with E-state index in [0.717, 1.165) is 24.8 Å². The summed E-state index contributed by atoms with van der Waals surface area (Å²) in [6.45, 7) is 0.618. The number of anilines is 1. The Hall–Kier alpha value is -3.24. The van der Waals surface area contributed by atoms with Crippen molar-refractivity contribution in [3.05, 3.63) is 59.2 Å². The van der Waals surface area contributed by atoms with Gasteiger partial charge in [0.05, 0.1) is 16.1 Å². The number of amides is 3. The van der Waals surface area contributed by atoms with E-state index in [1.54, 1.807) is 36.4 Å². The number of carbonyl (C=O) groups is 3. The van der Waals surface area contributed by atoms with Crippen molar-refractivity contribution in [2.75, 3.05) is 25.0 Å². The van der Waals surface area contributed by atoms with Crippen LogP contribution in [0.3, 0.4) is 0 Å². The minimum atomic E-state index is -3.61. The molecule has 0 spiro atoms. The van der Waals surface area contributed by atoms with E-state index in [1.807, 2.05) is 6.07 Å². The summed E-state index contributed by atoms with van der Waals surface area (Å²) in [5.41, 5.74) is 8.07. The summed E-state index contributed by atoms with van der Waals surface area (Å²) in [6, 6.07) is 12.0. The van der Waals surface area contributed by atoms with Gasteiger partial charge >= 0.3 is 0 Å². The average molecular weight is 499 g/mol. The first-order chi connectivity index (χ1) is 16.8. The Kier molecular flexibility index (Phi) is 7.51. The molecule has 1 heterocycles. The van der Waals surface area contributed by atoms with Crippen molar-refractivity contribution in [2.45, 2.75) is 43.4 Å². The first kappa shape index (κ1) is 24.9. The molecule has 0 unspecified atom stereocenters. The lowest BCUT2D eigenvalue weighted by atomic mass is 9.97. The molecule has 9 nitrogen and oxygen atoms in total. The first-order valence-corrected chi connectivity index (χ1v) is 13.3. The highest BCUT2D eigenvalue weighted by atomic mass is 32.2. The highest BCUT2D eigenvalue weighted by Crippen LogP contribution is 2.29. The number of para-hydroxylation sites is 1. The van der Waals surface area contributed by atoms with Crippen LogP contribution in [0.15, 0.2) is 47.4 Å². The quantitative estimate of drug-likeness (QED) is 0.510. The Bertz CT molecular complexity index is 1240. The van der Waals surface area contributed by atoms with E-state index in [4.69, 9.17) is 5.73 Å². The molecule has 1 fully saturated rings. The molecular weight excluding hydrogens is 468 g/mol. The fourth-order valence-corrected chi connectivity index (χ4v) is 6.16. The highest BCUT2D eigenvalue weighted by molar-refractivity contribution is 7.89. The number of piperidine rings is 1. The maximum Gasteiger partial charge on any atom is 0.253 e. The smallest absolute Gasteiger partial charge is 0.253 e. The van der Waals surface area contributed by atoms with Crippen molar-refractivity contribution in [1.29, 1.82) is 0 Å². The summed E-state index contributed by atoms with van der Waals surface area (Å²) < 4.78 is 27.8. The van der Waals surface area contributed by atoms with Crippen LogP contribution < -0.4 is 16.4 Å². The highest BCUT2D eigenvalue weighted by Gasteiger charge is 2.33. The molecule has 2 aromatic rings. The summed E-state index contributed by atoms with van der Waals surface area (Å²) in [7, 11) is -3.61. The van der Waals surface area contributed by atoms with Crippen LogP contribution in [0.2, 0.25) is 0 Å². The van der Waals surface area contributed by atoms with E-state index in [1.165, 1.54) is 9.87 Å². The van der Waals surface area contributed by atoms with Gasteiger partial charge in [-0.25, -0.2) is 8.42 Å². The summed E-state index contributed by atoms with van der Waals surface area (Å²) in [4.78, 5) is 36.6. The number of rotatable bonds is 8. The molecule has 2 aromatic carbocycles. The van der Waals surface area contributed by atoms with Crippen LogP contribution >= 0.6 is 0 Å². The van der Waals surface area contributed by atoms with Gasteiger partial charge in [-0.2, -0.15) is 4.31 Å². The van der Waals surface area contributed by atoms with Crippen LogP contribution in [-0.2, 0) is 32.5 Å². The van der Waals surface area contributed by atoms with Gasteiger partial charge in [0.25, 0.3) is 5.91 Å². The van der Waals surface area contributed by atoms with Gasteiger partial charge in [0.2, 0.25) is 21.8 Å². The van der Waals surface area contributed by atoms with E-state index < -0.39 is 21.8 Å². The third-order valence-corrected chi connectivity index (χ3v) is 8.51. The molecule has 0 aromatic heterocycles. The van der Waals surface area contributed by atoms with Gasteiger partial charge in [0.1, 0.15) is 0 Å². The second kappa shape index (κ2) is 10.6. The van der Waals surface area contributed by atoms with Crippen molar-refractivity contribution in [3.8, 4) is 0 Å². The van der Waals surface area contributed by atoms with Gasteiger partial charge in [0.15, 0.2) is 0 Å². The van der Waals surface area contributed by atoms with Gasteiger partial charge in [-0.1, -0.05) is 18.2 Å². The van der Waals surface area contributed by atoms with Crippen LogP contribution in [0, 0.1) is 5.92 Å². The third-order valence-electron chi connectivity index (χ3n) is 6.62. The summed E-state index contributed by atoms with van der Waals surface area (Å²) >= 11 is 0. The van der Waals surface area contributed by atoms with Crippen LogP contribution in [0.4, 0.5) is 5.69 Å². The number of sulfonamides is 1. The van der Waals surface area contributed by atoms with Gasteiger partial charge in [-0.3, -0.25) is 14.4 Å². The van der Waals surface area contributed by atoms with Crippen LogP contribution in [0.25, 0.3) is 0 Å². The lowest BCUT2D eigenvalue weighted by Crippen LogP contribution is -2.41. The zero-order valence-electron chi connectivity index (χ0n) is 19.5. The van der Waals surface area contributed by atoms with Crippen LogP contribution in [0.1, 0.15) is 47.2 Å². The molecule has 35 heavy (non-hydrogen) atoms. The van der Waals surface area contributed by atoms with Gasteiger partial charge in [-0.15, -0.1) is 0 Å². The predicted octanol–water partition coefficient (Wildman–Crippen LogP) is 1.82. The zero-order valence-corrected chi connectivity index (χ0v) is 20.3. The van der Waals surface area contributed by atoms with Crippen molar-refractivity contribution >= 4 is 33.4 Å². The van der Waals surface area contributed by atoms with Crippen LogP contribution in [0.5, 0.6) is 0 Å². The van der Waals surface area contributed by atoms with E-state index in [2.05, 4.69) is 10.6 Å². The molecule has 0 bridgehead atoms. The number of hydrogen-bond acceptors (Lipinski definition) is 5. The fourth-order valence-electron chi connectivity index (χ4n) is 4.64. The third kappa shape index (κ3) is 5.71. The number of aryl methyl sites for hydroxylation is 2. The molecule has 2 aliphatic rings. The standard InChI is InChI=1S/C25H30N4O5S/c26-23(30)10-13-27-25(32)21-6-1-2-7-22(21)28-24(31)18-11-14-29(15-12-18)35(33,34)20-9-8-17-4-3-5-19(17)16-20/h1-2,6-9,16,18H,3-5,10-15H2,(H2,26,30)(H,27,32)(H,28,31). The molecule has 0 saturated carbocycles. The molecule has 4 N–H and O–H groups in total. The molecule has 3 amide bonds. The molecule has 1 saturated heterocycles. The maximum atomic E-state index is 13.2. The average Bonchev–Trinajstić information content (AvgIpc) is 3.32. The second-order valence-electron chi connectivity index (χ2n) is 8.97. The van der Waals surface area contributed by atoms with Crippen molar-refractivity contribution in [3.63, 3.8) is 0 Å². The lowest BCUT2D eigenvalue weighted by molar-refractivity contribution is -0.121. The number of hydrogen-bond donors (Lipinski definition) is 3. The number of primary amides is 1. The summed E-state index contributed by atoms with van der Waals surface area (Å²) in [5.74, 6) is -1.56. The Morgan fingerprint density at radius 3 is 2.46 bits per heavy atom. The molecule has 0 radical (unpaired) electrons. The van der Waals surface area contributed by atoms with E-state index >= 15 is 0 Å². The van der Waals surface area contributed by atoms with Gasteiger partial charge in [-0.05, 0) is 67.5 Å². The summed E-state index contributed by atoms with van der Waals surface area (Å²) in [5, 5.41) is 5.43. The minimum Gasteiger partial charge on any atom is -0.370 e.